The molecule has 6 nitrogen and oxygen atoms in total. The molecule has 0 fully saturated rings. The van der Waals surface area contributed by atoms with Gasteiger partial charge in [0.2, 0.25) is 5.91 Å². The zero-order chi connectivity index (χ0) is 17.0. The number of hydrogen-bond donors (Lipinski definition) is 1. The van der Waals surface area contributed by atoms with E-state index in [0.717, 1.165) is 19.3 Å². The molecule has 0 radical (unpaired) electrons. The van der Waals surface area contributed by atoms with E-state index in [9.17, 15) is 14.4 Å². The average Bonchev–Trinajstić information content (AvgIpc) is 2.94. The summed E-state index contributed by atoms with van der Waals surface area (Å²) in [7, 11) is 3.00. The van der Waals surface area contributed by atoms with Crippen molar-refractivity contribution in [1.82, 2.24) is 10.2 Å². The van der Waals surface area contributed by atoms with Gasteiger partial charge in [0.15, 0.2) is 6.61 Å². The summed E-state index contributed by atoms with van der Waals surface area (Å²) in [6.45, 7) is 1.79. The monoisotopic (exact) mass is 338 g/mol. The van der Waals surface area contributed by atoms with E-state index in [0.29, 0.717) is 10.8 Å². The molecule has 1 N–H and O–H groups in total. The quantitative estimate of drug-likeness (QED) is 0.820. The maximum Gasteiger partial charge on any atom is 0.348 e. The number of esters is 1. The van der Waals surface area contributed by atoms with Crippen LogP contribution in [0.1, 0.15) is 33.5 Å². The highest BCUT2D eigenvalue weighted by molar-refractivity contribution is 7.14. The normalized spacial score (nSPS) is 16.4. The van der Waals surface area contributed by atoms with Crippen LogP contribution in [0.25, 0.3) is 0 Å². The van der Waals surface area contributed by atoms with Gasteiger partial charge in [-0.25, -0.2) is 4.79 Å². The average molecular weight is 338 g/mol. The van der Waals surface area contributed by atoms with Crippen molar-refractivity contribution in [2.75, 3.05) is 27.2 Å². The number of carbonyl (C=O) groups is 3. The second-order valence-corrected chi connectivity index (χ2v) is 7.04. The molecule has 1 aliphatic rings. The van der Waals surface area contributed by atoms with Gasteiger partial charge in [-0.1, -0.05) is 6.92 Å². The Kier molecular flexibility index (Phi) is 5.76. The van der Waals surface area contributed by atoms with Gasteiger partial charge in [-0.15, -0.1) is 11.3 Å². The van der Waals surface area contributed by atoms with Crippen molar-refractivity contribution in [3.8, 4) is 0 Å². The molecule has 0 saturated heterocycles. The van der Waals surface area contributed by atoms with E-state index >= 15 is 0 Å². The van der Waals surface area contributed by atoms with E-state index in [4.69, 9.17) is 4.74 Å². The van der Waals surface area contributed by atoms with Crippen LogP contribution in [0.2, 0.25) is 0 Å². The zero-order valence-corrected chi connectivity index (χ0v) is 14.5. The Morgan fingerprint density at radius 3 is 2.87 bits per heavy atom. The van der Waals surface area contributed by atoms with Crippen LogP contribution in [0.15, 0.2) is 6.07 Å². The van der Waals surface area contributed by atoms with Gasteiger partial charge < -0.3 is 15.0 Å². The van der Waals surface area contributed by atoms with Crippen LogP contribution in [0, 0.1) is 5.92 Å². The Hall–Kier alpha value is -1.89. The second kappa shape index (κ2) is 7.59. The SMILES string of the molecule is CNC(=O)CN(C)C(=O)COC(=O)c1cc2c(s1)CC[C@H](C)C2. The van der Waals surface area contributed by atoms with Crippen LogP contribution in [0.3, 0.4) is 0 Å². The third kappa shape index (κ3) is 4.54. The summed E-state index contributed by atoms with van der Waals surface area (Å²) in [6, 6.07) is 1.89. The Labute approximate surface area is 139 Å². The predicted octanol–water partition coefficient (Wildman–Crippen LogP) is 1.23. The van der Waals surface area contributed by atoms with Crippen molar-refractivity contribution in [3.63, 3.8) is 0 Å². The number of thiophene rings is 1. The van der Waals surface area contributed by atoms with Gasteiger partial charge in [-0.3, -0.25) is 9.59 Å². The van der Waals surface area contributed by atoms with E-state index in [-0.39, 0.29) is 19.1 Å². The molecule has 0 aliphatic heterocycles. The summed E-state index contributed by atoms with van der Waals surface area (Å²) in [4.78, 5) is 38.2. The van der Waals surface area contributed by atoms with Crippen LogP contribution in [0.5, 0.6) is 0 Å². The van der Waals surface area contributed by atoms with Gasteiger partial charge >= 0.3 is 5.97 Å². The van der Waals surface area contributed by atoms with Crippen LogP contribution in [-0.2, 0) is 27.2 Å². The molecular formula is C16H22N2O4S. The van der Waals surface area contributed by atoms with E-state index in [2.05, 4.69) is 12.2 Å². The largest absolute Gasteiger partial charge is 0.451 e. The predicted molar refractivity (Wildman–Crippen MR) is 87.5 cm³/mol. The minimum absolute atomic E-state index is 0.0575. The minimum Gasteiger partial charge on any atom is -0.451 e. The fraction of sp³-hybridized carbons (Fsp3) is 0.562. The highest BCUT2D eigenvalue weighted by atomic mass is 32.1. The molecule has 1 aromatic rings. The summed E-state index contributed by atoms with van der Waals surface area (Å²) >= 11 is 1.46. The van der Waals surface area contributed by atoms with Gasteiger partial charge in [0.1, 0.15) is 4.88 Å². The number of carbonyl (C=O) groups excluding carboxylic acids is 3. The minimum atomic E-state index is -0.473. The van der Waals surface area contributed by atoms with Gasteiger partial charge in [0.25, 0.3) is 5.91 Å². The van der Waals surface area contributed by atoms with Crippen LogP contribution < -0.4 is 5.32 Å². The number of aryl methyl sites for hydroxylation is 1. The molecule has 1 aromatic heterocycles. The number of nitrogens with zero attached hydrogens (tertiary/aromatic N) is 1. The third-order valence-electron chi connectivity index (χ3n) is 3.94. The number of hydrogen-bond acceptors (Lipinski definition) is 5. The molecule has 1 aliphatic carbocycles. The summed E-state index contributed by atoms with van der Waals surface area (Å²) in [5, 5.41) is 2.43. The standard InChI is InChI=1S/C16H22N2O4S/c1-10-4-5-12-11(6-10)7-13(23-12)16(21)22-9-15(20)18(3)8-14(19)17-2/h7,10H,4-6,8-9H2,1-3H3,(H,17,19)/t10-/m0/s1. The highest BCUT2D eigenvalue weighted by Gasteiger charge is 2.22. The lowest BCUT2D eigenvalue weighted by atomic mass is 9.90. The van der Waals surface area contributed by atoms with E-state index < -0.39 is 11.9 Å². The van der Waals surface area contributed by atoms with Crippen molar-refractivity contribution >= 4 is 29.1 Å². The number of nitrogens with one attached hydrogen (secondary N) is 1. The van der Waals surface area contributed by atoms with Crippen molar-refractivity contribution in [2.45, 2.75) is 26.2 Å². The van der Waals surface area contributed by atoms with Crippen LogP contribution in [-0.4, -0.2) is 49.9 Å². The first-order chi connectivity index (χ1) is 10.9. The van der Waals surface area contributed by atoms with Crippen molar-refractivity contribution < 1.29 is 19.1 Å². The molecule has 0 saturated carbocycles. The summed E-state index contributed by atoms with van der Waals surface area (Å²) in [5.74, 6) is -0.510. The Morgan fingerprint density at radius 1 is 1.43 bits per heavy atom. The molecule has 7 heteroatoms. The van der Waals surface area contributed by atoms with Gasteiger partial charge in [-0.05, 0) is 36.8 Å². The Bertz CT molecular complexity index is 611. The lowest BCUT2D eigenvalue weighted by Crippen LogP contribution is -2.39. The third-order valence-corrected chi connectivity index (χ3v) is 5.16. The topological polar surface area (TPSA) is 75.7 Å². The molecule has 2 amide bonds. The number of ether oxygens (including phenoxy) is 1. The maximum absolute atomic E-state index is 12.1. The molecule has 1 heterocycles. The first kappa shape index (κ1) is 17.5. The van der Waals surface area contributed by atoms with Gasteiger partial charge in [0, 0.05) is 19.0 Å². The second-order valence-electron chi connectivity index (χ2n) is 5.91. The Balaban J connectivity index is 1.87. The summed E-state index contributed by atoms with van der Waals surface area (Å²) in [5.41, 5.74) is 1.23. The number of likely N-dealkylation sites (N-methyl/N-ethyl adjacent to an activating group) is 2. The van der Waals surface area contributed by atoms with E-state index in [1.54, 1.807) is 0 Å². The van der Waals surface area contributed by atoms with Crippen LogP contribution in [0.4, 0.5) is 0 Å². The van der Waals surface area contributed by atoms with E-state index in [1.165, 1.54) is 40.8 Å². The molecule has 23 heavy (non-hydrogen) atoms. The first-order valence-electron chi connectivity index (χ1n) is 7.64. The van der Waals surface area contributed by atoms with Gasteiger partial charge in [0.05, 0.1) is 6.54 Å². The lowest BCUT2D eigenvalue weighted by Gasteiger charge is -2.16. The smallest absolute Gasteiger partial charge is 0.348 e. The Morgan fingerprint density at radius 2 is 2.17 bits per heavy atom. The molecule has 0 unspecified atom stereocenters. The van der Waals surface area contributed by atoms with Crippen molar-refractivity contribution in [2.24, 2.45) is 5.92 Å². The van der Waals surface area contributed by atoms with Crippen molar-refractivity contribution in [3.05, 3.63) is 21.4 Å². The molecule has 1 atom stereocenters. The molecule has 0 spiro atoms. The van der Waals surface area contributed by atoms with Crippen LogP contribution >= 0.6 is 11.3 Å². The fourth-order valence-electron chi connectivity index (χ4n) is 2.50. The van der Waals surface area contributed by atoms with E-state index in [1.807, 2.05) is 6.07 Å². The first-order valence-corrected chi connectivity index (χ1v) is 8.45. The lowest BCUT2D eigenvalue weighted by molar-refractivity contribution is -0.137. The number of fused-ring (bicyclic) bond motifs is 1. The number of rotatable bonds is 5. The molecule has 0 aromatic carbocycles. The summed E-state index contributed by atoms with van der Waals surface area (Å²) < 4.78 is 5.08. The molecule has 126 valence electrons. The van der Waals surface area contributed by atoms with Crippen molar-refractivity contribution in [1.29, 1.82) is 0 Å². The maximum atomic E-state index is 12.1. The number of amides is 2. The molecule has 0 bridgehead atoms. The fourth-order valence-corrected chi connectivity index (χ4v) is 3.60. The van der Waals surface area contributed by atoms with Gasteiger partial charge in [-0.2, -0.15) is 0 Å². The zero-order valence-electron chi connectivity index (χ0n) is 13.7. The highest BCUT2D eigenvalue weighted by Crippen LogP contribution is 2.32. The molecular weight excluding hydrogens is 316 g/mol. The molecule has 2 rings (SSSR count). The summed E-state index contributed by atoms with van der Waals surface area (Å²) in [6.07, 6.45) is 3.14.